The van der Waals surface area contributed by atoms with E-state index in [2.05, 4.69) is 0 Å². The van der Waals surface area contributed by atoms with Crippen LogP contribution >= 0.6 is 0 Å². The number of Topliss-reactive ketones (excluding diaryl/α,β-unsaturated/α-hetero) is 1. The molecule has 0 atom stereocenters. The lowest BCUT2D eigenvalue weighted by Gasteiger charge is -2.27. The summed E-state index contributed by atoms with van der Waals surface area (Å²) < 4.78 is 10.9. The standard InChI is InChI=1S/C12H18O3/c1-14-12(7-3-4-8-12)11(13)10-6-2-5-9-15-10/h6H,2-5,7-9H2,1H3. The van der Waals surface area contributed by atoms with Gasteiger partial charge in [-0.25, -0.2) is 0 Å². The molecular formula is C12H18O3. The Morgan fingerprint density at radius 3 is 2.67 bits per heavy atom. The van der Waals surface area contributed by atoms with Crippen LogP contribution in [0.15, 0.2) is 11.8 Å². The van der Waals surface area contributed by atoms with E-state index in [4.69, 9.17) is 9.47 Å². The predicted octanol–water partition coefficient (Wildman–Crippen LogP) is 2.21. The lowest BCUT2D eigenvalue weighted by Crippen LogP contribution is -2.39. The molecule has 1 aliphatic heterocycles. The molecule has 2 rings (SSSR count). The Morgan fingerprint density at radius 2 is 2.13 bits per heavy atom. The lowest BCUT2D eigenvalue weighted by atomic mass is 9.94. The van der Waals surface area contributed by atoms with Gasteiger partial charge in [0.1, 0.15) is 5.60 Å². The van der Waals surface area contributed by atoms with E-state index in [0.29, 0.717) is 12.4 Å². The van der Waals surface area contributed by atoms with E-state index in [0.717, 1.165) is 38.5 Å². The van der Waals surface area contributed by atoms with Crippen molar-refractivity contribution in [3.05, 3.63) is 11.8 Å². The maximum absolute atomic E-state index is 12.2. The van der Waals surface area contributed by atoms with Crippen LogP contribution in [0.5, 0.6) is 0 Å². The van der Waals surface area contributed by atoms with Crippen molar-refractivity contribution >= 4 is 5.78 Å². The molecular weight excluding hydrogens is 192 g/mol. The van der Waals surface area contributed by atoms with E-state index < -0.39 is 5.60 Å². The first-order valence-electron chi connectivity index (χ1n) is 5.71. The molecule has 0 amide bonds. The number of carbonyl (C=O) groups is 1. The minimum atomic E-state index is -0.580. The summed E-state index contributed by atoms with van der Waals surface area (Å²) in [6.45, 7) is 0.664. The third-order valence-corrected chi connectivity index (χ3v) is 3.38. The summed E-state index contributed by atoms with van der Waals surface area (Å²) in [5.41, 5.74) is -0.580. The first kappa shape index (κ1) is 10.7. The average molecular weight is 210 g/mol. The second-order valence-corrected chi connectivity index (χ2v) is 4.29. The zero-order chi connectivity index (χ0) is 10.7. The van der Waals surface area contributed by atoms with Gasteiger partial charge in [-0.2, -0.15) is 0 Å². The van der Waals surface area contributed by atoms with Gasteiger partial charge in [0.2, 0.25) is 5.78 Å². The topological polar surface area (TPSA) is 35.5 Å². The van der Waals surface area contributed by atoms with Crippen molar-refractivity contribution in [2.75, 3.05) is 13.7 Å². The van der Waals surface area contributed by atoms with Gasteiger partial charge in [0.05, 0.1) is 6.61 Å². The second-order valence-electron chi connectivity index (χ2n) is 4.29. The highest BCUT2D eigenvalue weighted by Gasteiger charge is 2.43. The zero-order valence-electron chi connectivity index (χ0n) is 9.25. The summed E-state index contributed by atoms with van der Waals surface area (Å²) in [6.07, 6.45) is 7.69. The number of carbonyl (C=O) groups excluding carboxylic acids is 1. The molecule has 0 bridgehead atoms. The number of ether oxygens (including phenoxy) is 2. The fourth-order valence-corrected chi connectivity index (χ4v) is 2.41. The maximum atomic E-state index is 12.2. The summed E-state index contributed by atoms with van der Waals surface area (Å²) >= 11 is 0. The van der Waals surface area contributed by atoms with E-state index in [-0.39, 0.29) is 5.78 Å². The molecule has 1 fully saturated rings. The number of allylic oxidation sites excluding steroid dienone is 1. The number of hydrogen-bond acceptors (Lipinski definition) is 3. The Morgan fingerprint density at radius 1 is 1.40 bits per heavy atom. The molecule has 0 aromatic heterocycles. The van der Waals surface area contributed by atoms with Crippen molar-refractivity contribution in [1.29, 1.82) is 0 Å². The molecule has 2 aliphatic rings. The highest BCUT2D eigenvalue weighted by Crippen LogP contribution is 2.36. The van der Waals surface area contributed by atoms with Crippen molar-refractivity contribution < 1.29 is 14.3 Å². The summed E-state index contributed by atoms with van der Waals surface area (Å²) in [5, 5.41) is 0. The Bertz CT molecular complexity index is 275. The zero-order valence-corrected chi connectivity index (χ0v) is 9.25. The summed E-state index contributed by atoms with van der Waals surface area (Å²) in [7, 11) is 1.63. The molecule has 0 saturated heterocycles. The second kappa shape index (κ2) is 4.35. The van der Waals surface area contributed by atoms with Crippen LogP contribution in [0.1, 0.15) is 38.5 Å². The van der Waals surface area contributed by atoms with E-state index in [1.807, 2.05) is 6.08 Å². The molecule has 0 aromatic carbocycles. The number of hydrogen-bond donors (Lipinski definition) is 0. The van der Waals surface area contributed by atoms with Crippen molar-refractivity contribution in [2.45, 2.75) is 44.1 Å². The van der Waals surface area contributed by atoms with Gasteiger partial charge in [0.25, 0.3) is 0 Å². The molecule has 84 valence electrons. The van der Waals surface area contributed by atoms with Crippen molar-refractivity contribution in [2.24, 2.45) is 0 Å². The first-order valence-corrected chi connectivity index (χ1v) is 5.71. The van der Waals surface area contributed by atoms with Gasteiger partial charge in [-0.05, 0) is 44.6 Å². The molecule has 0 aromatic rings. The van der Waals surface area contributed by atoms with Crippen molar-refractivity contribution in [1.82, 2.24) is 0 Å². The van der Waals surface area contributed by atoms with E-state index in [1.165, 1.54) is 0 Å². The van der Waals surface area contributed by atoms with Gasteiger partial charge in [-0.3, -0.25) is 4.79 Å². The van der Waals surface area contributed by atoms with Gasteiger partial charge in [0.15, 0.2) is 5.76 Å². The van der Waals surface area contributed by atoms with Gasteiger partial charge in [-0.1, -0.05) is 0 Å². The number of rotatable bonds is 3. The smallest absolute Gasteiger partial charge is 0.228 e. The Balaban J connectivity index is 2.14. The van der Waals surface area contributed by atoms with Crippen LogP contribution < -0.4 is 0 Å². The molecule has 3 nitrogen and oxygen atoms in total. The third-order valence-electron chi connectivity index (χ3n) is 3.38. The van der Waals surface area contributed by atoms with Gasteiger partial charge < -0.3 is 9.47 Å². The fourth-order valence-electron chi connectivity index (χ4n) is 2.41. The van der Waals surface area contributed by atoms with Gasteiger partial charge in [0, 0.05) is 7.11 Å². The SMILES string of the molecule is COC1(C(=O)C2=CCCCO2)CCCC1. The van der Waals surface area contributed by atoms with Crippen LogP contribution in [0.3, 0.4) is 0 Å². The predicted molar refractivity (Wildman–Crippen MR) is 56.5 cm³/mol. The quantitative estimate of drug-likeness (QED) is 0.716. The van der Waals surface area contributed by atoms with Crippen molar-refractivity contribution in [3.8, 4) is 0 Å². The molecule has 0 radical (unpaired) electrons. The molecule has 15 heavy (non-hydrogen) atoms. The minimum absolute atomic E-state index is 0.0576. The summed E-state index contributed by atoms with van der Waals surface area (Å²) in [6, 6.07) is 0. The van der Waals surface area contributed by atoms with Gasteiger partial charge in [-0.15, -0.1) is 0 Å². The Kier molecular flexibility index (Phi) is 3.10. The van der Waals surface area contributed by atoms with E-state index in [1.54, 1.807) is 7.11 Å². The van der Waals surface area contributed by atoms with Crippen LogP contribution in [-0.2, 0) is 14.3 Å². The fraction of sp³-hybridized carbons (Fsp3) is 0.750. The first-order chi connectivity index (χ1) is 7.28. The number of ketones is 1. The molecule has 1 aliphatic carbocycles. The van der Waals surface area contributed by atoms with Crippen LogP contribution in [0.25, 0.3) is 0 Å². The lowest BCUT2D eigenvalue weighted by molar-refractivity contribution is -0.140. The normalized spacial score (nSPS) is 24.5. The van der Waals surface area contributed by atoms with Crippen LogP contribution in [0, 0.1) is 0 Å². The summed E-state index contributed by atoms with van der Waals surface area (Å²) in [5.74, 6) is 0.590. The third kappa shape index (κ3) is 1.93. The molecule has 0 spiro atoms. The van der Waals surface area contributed by atoms with Gasteiger partial charge >= 0.3 is 0 Å². The molecule has 1 saturated carbocycles. The van der Waals surface area contributed by atoms with E-state index >= 15 is 0 Å². The Hall–Kier alpha value is -0.830. The molecule has 1 heterocycles. The molecule has 3 heteroatoms. The summed E-state index contributed by atoms with van der Waals surface area (Å²) in [4.78, 5) is 12.2. The highest BCUT2D eigenvalue weighted by molar-refractivity contribution is 6.00. The minimum Gasteiger partial charge on any atom is -0.490 e. The van der Waals surface area contributed by atoms with Crippen LogP contribution in [-0.4, -0.2) is 25.1 Å². The molecule has 0 unspecified atom stereocenters. The van der Waals surface area contributed by atoms with Crippen molar-refractivity contribution in [3.63, 3.8) is 0 Å². The largest absolute Gasteiger partial charge is 0.490 e. The average Bonchev–Trinajstić information content (AvgIpc) is 2.79. The maximum Gasteiger partial charge on any atom is 0.228 e. The Labute approximate surface area is 90.4 Å². The monoisotopic (exact) mass is 210 g/mol. The molecule has 0 N–H and O–H groups in total. The number of methoxy groups -OCH3 is 1. The highest BCUT2D eigenvalue weighted by atomic mass is 16.5. The van der Waals surface area contributed by atoms with Crippen LogP contribution in [0.2, 0.25) is 0 Å². The van der Waals surface area contributed by atoms with E-state index in [9.17, 15) is 4.79 Å². The van der Waals surface area contributed by atoms with Crippen LogP contribution in [0.4, 0.5) is 0 Å².